The van der Waals surface area contributed by atoms with E-state index in [0.717, 1.165) is 17.0 Å². The van der Waals surface area contributed by atoms with Crippen molar-refractivity contribution in [2.75, 3.05) is 12.4 Å². The van der Waals surface area contributed by atoms with Crippen LogP contribution < -0.4 is 15.6 Å². The highest BCUT2D eigenvalue weighted by Gasteiger charge is 2.64. The zero-order valence-electron chi connectivity index (χ0n) is 20.4. The molecule has 4 aromatic heterocycles. The van der Waals surface area contributed by atoms with Gasteiger partial charge in [0.05, 0.1) is 18.9 Å². The molecule has 1 amide bonds. The molecule has 2 aliphatic carbocycles. The lowest BCUT2D eigenvalue weighted by Gasteiger charge is -2.15. The zero-order valence-corrected chi connectivity index (χ0v) is 21.3. The van der Waals surface area contributed by atoms with Gasteiger partial charge in [-0.3, -0.25) is 24.5 Å². The van der Waals surface area contributed by atoms with Gasteiger partial charge >= 0.3 is 0 Å². The van der Waals surface area contributed by atoms with Crippen molar-refractivity contribution < 1.29 is 18.3 Å². The Morgan fingerprint density at radius 2 is 2.00 bits per heavy atom. The molecular formula is C26H22F2N6O3S. The summed E-state index contributed by atoms with van der Waals surface area (Å²) in [4.78, 5) is 34.2. The van der Waals surface area contributed by atoms with Crippen LogP contribution >= 0.6 is 11.3 Å². The topological polar surface area (TPSA) is 112 Å². The molecule has 4 heterocycles. The van der Waals surface area contributed by atoms with E-state index in [2.05, 4.69) is 25.5 Å². The zero-order chi connectivity index (χ0) is 26.6. The van der Waals surface area contributed by atoms with Crippen LogP contribution in [0.4, 0.5) is 13.9 Å². The largest absolute Gasteiger partial charge is 0.494 e. The van der Waals surface area contributed by atoms with Gasteiger partial charge in [0.15, 0.2) is 0 Å². The number of halogens is 2. The quantitative estimate of drug-likeness (QED) is 0.357. The third-order valence-corrected chi connectivity index (χ3v) is 8.07. The summed E-state index contributed by atoms with van der Waals surface area (Å²) in [5.41, 5.74) is 0.900. The molecule has 0 aromatic carbocycles. The molecule has 1 atom stereocenters. The van der Waals surface area contributed by atoms with E-state index in [9.17, 15) is 18.4 Å². The predicted molar refractivity (Wildman–Crippen MR) is 136 cm³/mol. The molecule has 4 aromatic rings. The van der Waals surface area contributed by atoms with Gasteiger partial charge < -0.3 is 4.74 Å². The summed E-state index contributed by atoms with van der Waals surface area (Å²) in [6.07, 6.45) is 4.73. The number of nitrogens with zero attached hydrogens (tertiary/aromatic N) is 5. The SMILES string of the molecule is COc1cnc(C(F)F)cc1-c1cc(-n2ccc(C)cc2=O)ncc1C(=O)Nc1nnc(C2CC23CC3)s1. The second kappa shape index (κ2) is 9.05. The van der Waals surface area contributed by atoms with E-state index in [-0.39, 0.29) is 33.8 Å². The van der Waals surface area contributed by atoms with Gasteiger partial charge in [0, 0.05) is 35.5 Å². The highest BCUT2D eigenvalue weighted by atomic mass is 32.1. The maximum atomic E-state index is 13.6. The Labute approximate surface area is 219 Å². The Hall–Kier alpha value is -4.06. The second-order valence-corrected chi connectivity index (χ2v) is 10.6. The number of alkyl halides is 2. The molecular weight excluding hydrogens is 514 g/mol. The van der Waals surface area contributed by atoms with Crippen LogP contribution in [0.25, 0.3) is 16.9 Å². The number of nitrogens with one attached hydrogen (secondary N) is 1. The van der Waals surface area contributed by atoms with Gasteiger partial charge in [-0.2, -0.15) is 0 Å². The van der Waals surface area contributed by atoms with E-state index in [1.165, 1.54) is 66.4 Å². The maximum Gasteiger partial charge on any atom is 0.280 e. The standard InChI is InChI=1S/C26H22F2N6O3S/c1-13-3-6-34(21(35)7-13)20-9-14(15-8-18(22(27)28)29-12-19(15)37-2)16(11-30-20)23(36)31-25-33-32-24(38-25)17-10-26(17)4-5-26/h3,6-9,11-12,17,22H,4-5,10H2,1-2H3,(H,31,33,36). The van der Waals surface area contributed by atoms with Crippen LogP contribution in [0.1, 0.15) is 58.2 Å². The molecule has 0 radical (unpaired) electrons. The Bertz CT molecular complexity index is 1630. The summed E-state index contributed by atoms with van der Waals surface area (Å²) in [6, 6.07) is 5.85. The maximum absolute atomic E-state index is 13.6. The molecule has 2 aliphatic rings. The fraction of sp³-hybridized carbons (Fsp3) is 0.308. The summed E-state index contributed by atoms with van der Waals surface area (Å²) in [5, 5.41) is 12.4. The van der Waals surface area contributed by atoms with Gasteiger partial charge in [-0.1, -0.05) is 11.3 Å². The van der Waals surface area contributed by atoms with Crippen LogP contribution in [-0.4, -0.2) is 37.7 Å². The highest BCUT2D eigenvalue weighted by molar-refractivity contribution is 7.15. The lowest BCUT2D eigenvalue weighted by molar-refractivity contribution is 0.102. The molecule has 12 heteroatoms. The summed E-state index contributed by atoms with van der Waals surface area (Å²) >= 11 is 1.33. The molecule has 1 N–H and O–H groups in total. The number of rotatable bonds is 7. The molecule has 2 fully saturated rings. The van der Waals surface area contributed by atoms with E-state index in [1.807, 2.05) is 0 Å². The minimum absolute atomic E-state index is 0.0838. The van der Waals surface area contributed by atoms with Crippen molar-refractivity contribution in [3.8, 4) is 22.7 Å². The lowest BCUT2D eigenvalue weighted by atomic mass is 10.00. The van der Waals surface area contributed by atoms with Crippen LogP contribution in [0, 0.1) is 12.3 Å². The van der Waals surface area contributed by atoms with Crippen molar-refractivity contribution >= 4 is 22.4 Å². The van der Waals surface area contributed by atoms with Crippen LogP contribution in [0.15, 0.2) is 47.7 Å². The first-order valence-electron chi connectivity index (χ1n) is 11.9. The van der Waals surface area contributed by atoms with Gasteiger partial charge in [0.1, 0.15) is 22.3 Å². The second-order valence-electron chi connectivity index (χ2n) is 9.63. The van der Waals surface area contributed by atoms with Crippen molar-refractivity contribution in [3.05, 3.63) is 75.0 Å². The smallest absolute Gasteiger partial charge is 0.280 e. The Kier molecular flexibility index (Phi) is 5.78. The number of aromatic nitrogens is 5. The minimum atomic E-state index is -2.84. The first-order valence-corrected chi connectivity index (χ1v) is 12.8. The van der Waals surface area contributed by atoms with Gasteiger partial charge in [-0.25, -0.2) is 13.8 Å². The Balaban J connectivity index is 1.42. The van der Waals surface area contributed by atoms with Crippen molar-refractivity contribution in [2.45, 2.75) is 38.5 Å². The predicted octanol–water partition coefficient (Wildman–Crippen LogP) is 4.92. The third-order valence-electron chi connectivity index (χ3n) is 7.12. The molecule has 38 heavy (non-hydrogen) atoms. The van der Waals surface area contributed by atoms with E-state index in [1.54, 1.807) is 19.2 Å². The van der Waals surface area contributed by atoms with Crippen molar-refractivity contribution in [1.82, 2.24) is 24.7 Å². The fourth-order valence-electron chi connectivity index (χ4n) is 4.70. The fourth-order valence-corrected chi connectivity index (χ4v) is 5.68. The number of hydrogen-bond donors (Lipinski definition) is 1. The van der Waals surface area contributed by atoms with Crippen LogP contribution in [0.5, 0.6) is 5.75 Å². The number of pyridine rings is 3. The van der Waals surface area contributed by atoms with Crippen molar-refractivity contribution in [3.63, 3.8) is 0 Å². The Morgan fingerprint density at radius 1 is 1.18 bits per heavy atom. The third kappa shape index (κ3) is 4.34. The van der Waals surface area contributed by atoms with E-state index < -0.39 is 18.0 Å². The average Bonchev–Trinajstić information content (AvgIpc) is 3.79. The average molecular weight is 537 g/mol. The number of methoxy groups -OCH3 is 1. The Morgan fingerprint density at radius 3 is 2.68 bits per heavy atom. The number of aryl methyl sites for hydroxylation is 1. The minimum Gasteiger partial charge on any atom is -0.494 e. The molecule has 0 saturated heterocycles. The summed E-state index contributed by atoms with van der Waals surface area (Å²) in [5.74, 6) is 0.246. The van der Waals surface area contributed by atoms with Gasteiger partial charge in [0.2, 0.25) is 5.13 Å². The first-order chi connectivity index (χ1) is 18.3. The van der Waals surface area contributed by atoms with E-state index in [4.69, 9.17) is 4.74 Å². The normalized spacial score (nSPS) is 17.0. The number of carbonyl (C=O) groups excluding carboxylic acids is 1. The number of anilines is 1. The highest BCUT2D eigenvalue weighted by Crippen LogP contribution is 2.75. The van der Waals surface area contributed by atoms with Crippen LogP contribution in [-0.2, 0) is 0 Å². The molecule has 6 rings (SSSR count). The summed E-state index contributed by atoms with van der Waals surface area (Å²) < 4.78 is 33.8. The van der Waals surface area contributed by atoms with Gasteiger partial charge in [-0.05, 0) is 55.4 Å². The molecule has 0 aliphatic heterocycles. The molecule has 1 spiro atoms. The molecule has 2 saturated carbocycles. The number of ether oxygens (including phenoxy) is 1. The number of carbonyl (C=O) groups is 1. The molecule has 9 nitrogen and oxygen atoms in total. The summed E-state index contributed by atoms with van der Waals surface area (Å²) in [7, 11) is 1.38. The van der Waals surface area contributed by atoms with Crippen molar-refractivity contribution in [1.29, 1.82) is 0 Å². The van der Waals surface area contributed by atoms with Gasteiger partial charge in [0.25, 0.3) is 17.9 Å². The van der Waals surface area contributed by atoms with E-state index >= 15 is 0 Å². The summed E-state index contributed by atoms with van der Waals surface area (Å²) in [6.45, 7) is 1.79. The van der Waals surface area contributed by atoms with Crippen LogP contribution in [0.2, 0.25) is 0 Å². The lowest BCUT2D eigenvalue weighted by Crippen LogP contribution is -2.19. The molecule has 0 bridgehead atoms. The van der Waals surface area contributed by atoms with Crippen LogP contribution in [0.3, 0.4) is 0 Å². The molecule has 1 unspecified atom stereocenters. The monoisotopic (exact) mass is 536 g/mol. The first kappa shape index (κ1) is 24.3. The van der Waals surface area contributed by atoms with E-state index in [0.29, 0.717) is 16.5 Å². The molecule has 194 valence electrons. The van der Waals surface area contributed by atoms with Gasteiger partial charge in [-0.15, -0.1) is 10.2 Å². The number of amides is 1. The number of hydrogen-bond acceptors (Lipinski definition) is 8. The van der Waals surface area contributed by atoms with Crippen molar-refractivity contribution in [2.24, 2.45) is 5.41 Å².